The number of carbonyl (C=O) groups excluding carboxylic acids is 1. The predicted octanol–water partition coefficient (Wildman–Crippen LogP) is 3.43. The minimum absolute atomic E-state index is 0.0384. The molecule has 2 aromatic carbocycles. The molecule has 0 atom stereocenters. The van der Waals surface area contributed by atoms with Gasteiger partial charge in [-0.25, -0.2) is 9.18 Å². The number of aromatic nitrogens is 4. The van der Waals surface area contributed by atoms with E-state index < -0.39 is 11.8 Å². The number of tetrazole rings is 1. The van der Waals surface area contributed by atoms with Crippen molar-refractivity contribution in [1.29, 1.82) is 0 Å². The first-order valence-electron chi connectivity index (χ1n) is 7.06. The molecule has 0 spiro atoms. The van der Waals surface area contributed by atoms with Crippen molar-refractivity contribution >= 4 is 34.9 Å². The molecule has 0 saturated carbocycles. The van der Waals surface area contributed by atoms with E-state index in [1.807, 2.05) is 0 Å². The smallest absolute Gasteiger partial charge is 0.319 e. The van der Waals surface area contributed by atoms with Gasteiger partial charge in [-0.15, -0.1) is 5.10 Å². The van der Waals surface area contributed by atoms with E-state index in [0.717, 1.165) is 0 Å². The Bertz CT molecular complexity index is 917. The molecule has 25 heavy (non-hydrogen) atoms. The number of nitrogens with zero attached hydrogens (tertiary/aromatic N) is 4. The Kier molecular flexibility index (Phi) is 5.11. The van der Waals surface area contributed by atoms with Crippen molar-refractivity contribution in [3.63, 3.8) is 0 Å². The highest BCUT2D eigenvalue weighted by Gasteiger charge is 2.11. The molecule has 128 valence electrons. The van der Waals surface area contributed by atoms with Gasteiger partial charge in [-0.1, -0.05) is 29.3 Å². The Hall–Kier alpha value is -2.71. The summed E-state index contributed by atoms with van der Waals surface area (Å²) in [5, 5.41) is 17.1. The van der Waals surface area contributed by atoms with Gasteiger partial charge in [0.15, 0.2) is 5.82 Å². The van der Waals surface area contributed by atoms with E-state index >= 15 is 0 Å². The summed E-state index contributed by atoms with van der Waals surface area (Å²) in [7, 11) is 0. The van der Waals surface area contributed by atoms with Crippen LogP contribution in [0, 0.1) is 5.82 Å². The Labute approximate surface area is 151 Å². The van der Waals surface area contributed by atoms with Crippen molar-refractivity contribution in [3.05, 3.63) is 64.2 Å². The first-order chi connectivity index (χ1) is 12.0. The van der Waals surface area contributed by atoms with Crippen LogP contribution in [0.25, 0.3) is 5.69 Å². The largest absolute Gasteiger partial charge is 0.330 e. The third-order valence-corrected chi connectivity index (χ3v) is 3.91. The lowest BCUT2D eigenvalue weighted by atomic mass is 10.3. The summed E-state index contributed by atoms with van der Waals surface area (Å²) >= 11 is 11.7. The lowest BCUT2D eigenvalue weighted by Gasteiger charge is -2.09. The monoisotopic (exact) mass is 380 g/mol. The van der Waals surface area contributed by atoms with Crippen molar-refractivity contribution in [3.8, 4) is 5.69 Å². The molecule has 7 nitrogen and oxygen atoms in total. The molecule has 0 aliphatic carbocycles. The molecule has 2 N–H and O–H groups in total. The lowest BCUT2D eigenvalue weighted by Crippen LogP contribution is -2.29. The van der Waals surface area contributed by atoms with Crippen LogP contribution in [-0.2, 0) is 6.54 Å². The van der Waals surface area contributed by atoms with Crippen LogP contribution in [0.15, 0.2) is 42.5 Å². The molecule has 0 saturated heterocycles. The highest BCUT2D eigenvalue weighted by atomic mass is 35.5. The van der Waals surface area contributed by atoms with E-state index in [4.69, 9.17) is 23.2 Å². The second kappa shape index (κ2) is 7.45. The van der Waals surface area contributed by atoms with Gasteiger partial charge >= 0.3 is 6.03 Å². The summed E-state index contributed by atoms with van der Waals surface area (Å²) in [6.45, 7) is 0.0384. The summed E-state index contributed by atoms with van der Waals surface area (Å²) in [5.41, 5.74) is 0.934. The molecule has 10 heteroatoms. The maximum Gasteiger partial charge on any atom is 0.319 e. The molecular formula is C15H11Cl2FN6O. The fourth-order valence-electron chi connectivity index (χ4n) is 2.03. The second-order valence-electron chi connectivity index (χ2n) is 4.92. The van der Waals surface area contributed by atoms with Gasteiger partial charge in [0, 0.05) is 5.69 Å². The standard InChI is InChI=1S/C15H11Cl2FN6O/c16-12-5-4-10(7-13(12)17)20-15(25)19-8-14-21-22-23-24(14)11-3-1-2-9(18)6-11/h1-7H,8H2,(H2,19,20,25). The fourth-order valence-corrected chi connectivity index (χ4v) is 2.33. The minimum Gasteiger partial charge on any atom is -0.330 e. The third-order valence-electron chi connectivity index (χ3n) is 3.17. The van der Waals surface area contributed by atoms with Gasteiger partial charge in [0.05, 0.1) is 22.3 Å². The average molecular weight is 381 g/mol. The normalized spacial score (nSPS) is 10.5. The van der Waals surface area contributed by atoms with Gasteiger partial charge in [0.25, 0.3) is 0 Å². The molecule has 2 amide bonds. The number of nitrogens with one attached hydrogen (secondary N) is 2. The van der Waals surface area contributed by atoms with Crippen LogP contribution in [0.3, 0.4) is 0 Å². The lowest BCUT2D eigenvalue weighted by molar-refractivity contribution is 0.251. The summed E-state index contributed by atoms with van der Waals surface area (Å²) in [6.07, 6.45) is 0. The SMILES string of the molecule is O=C(NCc1nnnn1-c1cccc(F)c1)Nc1ccc(Cl)c(Cl)c1. The molecule has 0 bridgehead atoms. The summed E-state index contributed by atoms with van der Waals surface area (Å²) in [5.74, 6) is -0.0702. The van der Waals surface area contributed by atoms with Gasteiger partial charge in [-0.3, -0.25) is 0 Å². The van der Waals surface area contributed by atoms with Crippen LogP contribution in [0.1, 0.15) is 5.82 Å². The average Bonchev–Trinajstić information content (AvgIpc) is 3.05. The molecule has 3 aromatic rings. The van der Waals surface area contributed by atoms with Gasteiger partial charge in [-0.2, -0.15) is 4.68 Å². The molecule has 0 radical (unpaired) electrons. The summed E-state index contributed by atoms with van der Waals surface area (Å²) < 4.78 is 14.7. The number of benzene rings is 2. The van der Waals surface area contributed by atoms with E-state index in [1.54, 1.807) is 24.3 Å². The Morgan fingerprint density at radius 2 is 2.00 bits per heavy atom. The molecule has 0 aliphatic rings. The molecule has 0 unspecified atom stereocenters. The molecule has 0 fully saturated rings. The van der Waals surface area contributed by atoms with Gasteiger partial charge in [-0.05, 0) is 46.8 Å². The number of rotatable bonds is 4. The molecular weight excluding hydrogens is 370 g/mol. The highest BCUT2D eigenvalue weighted by molar-refractivity contribution is 6.42. The van der Waals surface area contributed by atoms with E-state index in [2.05, 4.69) is 26.2 Å². The quantitative estimate of drug-likeness (QED) is 0.725. The van der Waals surface area contributed by atoms with E-state index in [-0.39, 0.29) is 6.54 Å². The second-order valence-corrected chi connectivity index (χ2v) is 5.74. The van der Waals surface area contributed by atoms with E-state index in [0.29, 0.717) is 27.2 Å². The number of hydrogen-bond donors (Lipinski definition) is 2. The van der Waals surface area contributed by atoms with Crippen molar-refractivity contribution < 1.29 is 9.18 Å². The molecule has 3 rings (SSSR count). The molecule has 0 aliphatic heterocycles. The Morgan fingerprint density at radius 1 is 1.16 bits per heavy atom. The number of amides is 2. The van der Waals surface area contributed by atoms with Crippen molar-refractivity contribution in [2.45, 2.75) is 6.54 Å². The van der Waals surface area contributed by atoms with Crippen molar-refractivity contribution in [2.75, 3.05) is 5.32 Å². The van der Waals surface area contributed by atoms with Crippen LogP contribution >= 0.6 is 23.2 Å². The van der Waals surface area contributed by atoms with Crippen LogP contribution in [0.4, 0.5) is 14.9 Å². The van der Waals surface area contributed by atoms with Gasteiger partial charge < -0.3 is 10.6 Å². The fraction of sp³-hybridized carbons (Fsp3) is 0.0667. The zero-order chi connectivity index (χ0) is 17.8. The molecule has 1 aromatic heterocycles. The number of anilines is 1. The Balaban J connectivity index is 1.65. The third kappa shape index (κ3) is 4.23. The maximum atomic E-state index is 13.3. The van der Waals surface area contributed by atoms with Crippen LogP contribution < -0.4 is 10.6 Å². The summed E-state index contributed by atoms with van der Waals surface area (Å²) in [4.78, 5) is 12.0. The number of carbonyl (C=O) groups is 1. The number of urea groups is 1. The zero-order valence-corrected chi connectivity index (χ0v) is 14.1. The van der Waals surface area contributed by atoms with Gasteiger partial charge in [0.1, 0.15) is 5.82 Å². The van der Waals surface area contributed by atoms with E-state index in [1.165, 1.54) is 22.9 Å². The summed E-state index contributed by atoms with van der Waals surface area (Å²) in [6, 6.07) is 10.0. The minimum atomic E-state index is -0.479. The van der Waals surface area contributed by atoms with Crippen molar-refractivity contribution in [1.82, 2.24) is 25.5 Å². The van der Waals surface area contributed by atoms with Crippen LogP contribution in [-0.4, -0.2) is 26.2 Å². The number of halogens is 3. The predicted molar refractivity (Wildman–Crippen MR) is 91.4 cm³/mol. The Morgan fingerprint density at radius 3 is 2.76 bits per heavy atom. The van der Waals surface area contributed by atoms with E-state index in [9.17, 15) is 9.18 Å². The molecule has 1 heterocycles. The van der Waals surface area contributed by atoms with Crippen LogP contribution in [0.2, 0.25) is 10.0 Å². The van der Waals surface area contributed by atoms with Crippen LogP contribution in [0.5, 0.6) is 0 Å². The first kappa shape index (κ1) is 17.1. The van der Waals surface area contributed by atoms with Crippen molar-refractivity contribution in [2.24, 2.45) is 0 Å². The topological polar surface area (TPSA) is 84.7 Å². The maximum absolute atomic E-state index is 13.3. The highest BCUT2D eigenvalue weighted by Crippen LogP contribution is 2.24. The zero-order valence-electron chi connectivity index (χ0n) is 12.6. The first-order valence-corrected chi connectivity index (χ1v) is 7.81. The number of hydrogen-bond acceptors (Lipinski definition) is 4. The van der Waals surface area contributed by atoms with Gasteiger partial charge in [0.2, 0.25) is 0 Å².